The first kappa shape index (κ1) is 17.6. The molecule has 3 rings (SSSR count). The van der Waals surface area contributed by atoms with E-state index in [1.54, 1.807) is 36.7 Å². The zero-order chi connectivity index (χ0) is 18.5. The highest BCUT2D eigenvalue weighted by molar-refractivity contribution is 5.99. The zero-order valence-electron chi connectivity index (χ0n) is 14.6. The van der Waals surface area contributed by atoms with Crippen LogP contribution in [0.3, 0.4) is 0 Å². The minimum absolute atomic E-state index is 0.0271. The van der Waals surface area contributed by atoms with Gasteiger partial charge in [0.15, 0.2) is 0 Å². The SMILES string of the molecule is C=CC(=O)Nc1ccc(C(=O)N2CC[C@@H](Nc3ncc(C)cn3)C2)cc1. The number of carbonyl (C=O) groups excluding carboxylic acids is 2. The standard InChI is InChI=1S/C19H21N5O2/c1-3-17(25)22-15-6-4-14(5-7-15)18(26)24-9-8-16(12-24)23-19-20-10-13(2)11-21-19/h3-7,10-11,16H,1,8-9,12H2,2H3,(H,22,25)(H,20,21,23)/t16-/m1/s1. The zero-order valence-corrected chi connectivity index (χ0v) is 14.6. The molecule has 1 aromatic heterocycles. The summed E-state index contributed by atoms with van der Waals surface area (Å²) in [7, 11) is 0. The number of aromatic nitrogens is 2. The maximum Gasteiger partial charge on any atom is 0.253 e. The van der Waals surface area contributed by atoms with Gasteiger partial charge < -0.3 is 15.5 Å². The lowest BCUT2D eigenvalue weighted by molar-refractivity contribution is -0.111. The Balaban J connectivity index is 1.57. The van der Waals surface area contributed by atoms with E-state index < -0.39 is 0 Å². The smallest absolute Gasteiger partial charge is 0.253 e. The van der Waals surface area contributed by atoms with Crippen LogP contribution in [0.2, 0.25) is 0 Å². The summed E-state index contributed by atoms with van der Waals surface area (Å²) < 4.78 is 0. The van der Waals surface area contributed by atoms with Crippen molar-refractivity contribution in [2.75, 3.05) is 23.7 Å². The van der Waals surface area contributed by atoms with E-state index in [0.29, 0.717) is 30.3 Å². The van der Waals surface area contributed by atoms with Crippen LogP contribution in [0, 0.1) is 6.92 Å². The van der Waals surface area contributed by atoms with Crippen LogP contribution in [-0.2, 0) is 4.79 Å². The van der Waals surface area contributed by atoms with Crippen molar-refractivity contribution in [3.63, 3.8) is 0 Å². The molecule has 2 amide bonds. The number of anilines is 2. The van der Waals surface area contributed by atoms with Gasteiger partial charge in [-0.2, -0.15) is 0 Å². The number of aryl methyl sites for hydroxylation is 1. The average Bonchev–Trinajstić information content (AvgIpc) is 3.12. The van der Waals surface area contributed by atoms with Crippen molar-refractivity contribution in [3.8, 4) is 0 Å². The van der Waals surface area contributed by atoms with Crippen LogP contribution in [0.25, 0.3) is 0 Å². The highest BCUT2D eigenvalue weighted by Crippen LogP contribution is 2.18. The van der Waals surface area contributed by atoms with Crippen molar-refractivity contribution in [2.24, 2.45) is 0 Å². The Kier molecular flexibility index (Phi) is 5.26. The number of carbonyl (C=O) groups is 2. The van der Waals surface area contributed by atoms with E-state index in [0.717, 1.165) is 12.0 Å². The molecular weight excluding hydrogens is 330 g/mol. The molecule has 2 N–H and O–H groups in total. The number of benzene rings is 1. The molecule has 1 aliphatic heterocycles. The summed E-state index contributed by atoms with van der Waals surface area (Å²) in [5, 5.41) is 5.93. The average molecular weight is 351 g/mol. The van der Waals surface area contributed by atoms with Crippen LogP contribution in [0.5, 0.6) is 0 Å². The molecule has 0 saturated carbocycles. The predicted octanol–water partition coefficient (Wildman–Crippen LogP) is 2.24. The van der Waals surface area contributed by atoms with Gasteiger partial charge in [0.05, 0.1) is 0 Å². The van der Waals surface area contributed by atoms with Crippen molar-refractivity contribution in [2.45, 2.75) is 19.4 Å². The molecule has 26 heavy (non-hydrogen) atoms. The number of hydrogen-bond donors (Lipinski definition) is 2. The molecule has 0 aliphatic carbocycles. The molecule has 7 heteroatoms. The number of hydrogen-bond acceptors (Lipinski definition) is 5. The van der Waals surface area contributed by atoms with E-state index in [2.05, 4.69) is 27.2 Å². The summed E-state index contributed by atoms with van der Waals surface area (Å²) in [5.41, 5.74) is 2.23. The van der Waals surface area contributed by atoms with Gasteiger partial charge in [-0.1, -0.05) is 6.58 Å². The van der Waals surface area contributed by atoms with Crippen molar-refractivity contribution >= 4 is 23.5 Å². The molecule has 2 heterocycles. The van der Waals surface area contributed by atoms with Gasteiger partial charge in [-0.15, -0.1) is 0 Å². The number of amides is 2. The third-order valence-electron chi connectivity index (χ3n) is 4.17. The van der Waals surface area contributed by atoms with Gasteiger partial charge in [-0.25, -0.2) is 9.97 Å². The topological polar surface area (TPSA) is 87.2 Å². The van der Waals surface area contributed by atoms with Gasteiger partial charge in [0.2, 0.25) is 11.9 Å². The second-order valence-corrected chi connectivity index (χ2v) is 6.24. The summed E-state index contributed by atoms with van der Waals surface area (Å²) in [4.78, 5) is 34.2. The Bertz CT molecular complexity index is 802. The third kappa shape index (κ3) is 4.24. The molecule has 0 unspecified atom stereocenters. The molecule has 1 aromatic carbocycles. The Morgan fingerprint density at radius 2 is 1.92 bits per heavy atom. The highest BCUT2D eigenvalue weighted by Gasteiger charge is 2.27. The van der Waals surface area contributed by atoms with Crippen LogP contribution in [-0.4, -0.2) is 45.8 Å². The highest BCUT2D eigenvalue weighted by atomic mass is 16.2. The van der Waals surface area contributed by atoms with E-state index in [-0.39, 0.29) is 17.9 Å². The van der Waals surface area contributed by atoms with Gasteiger partial charge in [-0.05, 0) is 49.2 Å². The summed E-state index contributed by atoms with van der Waals surface area (Å²) in [6, 6.07) is 6.98. The molecule has 2 aromatic rings. The molecule has 0 spiro atoms. The maximum absolute atomic E-state index is 12.6. The first-order valence-corrected chi connectivity index (χ1v) is 8.43. The van der Waals surface area contributed by atoms with Crippen molar-refractivity contribution < 1.29 is 9.59 Å². The summed E-state index contributed by atoms with van der Waals surface area (Å²) in [5.74, 6) is 0.272. The van der Waals surface area contributed by atoms with Gasteiger partial charge in [-0.3, -0.25) is 9.59 Å². The fraction of sp³-hybridized carbons (Fsp3) is 0.263. The Hall–Kier alpha value is -3.22. The lowest BCUT2D eigenvalue weighted by atomic mass is 10.2. The number of rotatable bonds is 5. The first-order chi connectivity index (χ1) is 12.5. The molecule has 1 atom stereocenters. The monoisotopic (exact) mass is 351 g/mol. The third-order valence-corrected chi connectivity index (χ3v) is 4.17. The predicted molar refractivity (Wildman–Crippen MR) is 100.0 cm³/mol. The van der Waals surface area contributed by atoms with Gasteiger partial charge in [0, 0.05) is 42.8 Å². The van der Waals surface area contributed by atoms with Gasteiger partial charge in [0.25, 0.3) is 5.91 Å². The normalized spacial score (nSPS) is 16.2. The molecule has 1 fully saturated rings. The Labute approximate surface area is 152 Å². The fourth-order valence-electron chi connectivity index (χ4n) is 2.78. The van der Waals surface area contributed by atoms with Crippen LogP contribution < -0.4 is 10.6 Å². The van der Waals surface area contributed by atoms with E-state index in [4.69, 9.17) is 0 Å². The van der Waals surface area contributed by atoms with Crippen molar-refractivity contribution in [1.29, 1.82) is 0 Å². The quantitative estimate of drug-likeness (QED) is 0.807. The van der Waals surface area contributed by atoms with E-state index >= 15 is 0 Å². The van der Waals surface area contributed by atoms with E-state index in [1.807, 2.05) is 11.8 Å². The summed E-state index contributed by atoms with van der Waals surface area (Å²) in [6.07, 6.45) is 5.57. The maximum atomic E-state index is 12.6. The number of likely N-dealkylation sites (tertiary alicyclic amines) is 1. The Morgan fingerprint density at radius 3 is 2.58 bits per heavy atom. The largest absolute Gasteiger partial charge is 0.350 e. The molecule has 1 saturated heterocycles. The van der Waals surface area contributed by atoms with Crippen LogP contribution >= 0.6 is 0 Å². The second kappa shape index (κ2) is 7.77. The second-order valence-electron chi connectivity index (χ2n) is 6.24. The van der Waals surface area contributed by atoms with Crippen LogP contribution in [0.15, 0.2) is 49.3 Å². The summed E-state index contributed by atoms with van der Waals surface area (Å²) >= 11 is 0. The lowest BCUT2D eigenvalue weighted by Crippen LogP contribution is -2.31. The van der Waals surface area contributed by atoms with E-state index in [9.17, 15) is 9.59 Å². The lowest BCUT2D eigenvalue weighted by Gasteiger charge is -2.17. The van der Waals surface area contributed by atoms with Crippen LogP contribution in [0.4, 0.5) is 11.6 Å². The van der Waals surface area contributed by atoms with Gasteiger partial charge in [0.1, 0.15) is 0 Å². The summed E-state index contributed by atoms with van der Waals surface area (Å²) in [6.45, 7) is 6.63. The van der Waals surface area contributed by atoms with Crippen LogP contribution in [0.1, 0.15) is 22.3 Å². The van der Waals surface area contributed by atoms with E-state index in [1.165, 1.54) is 6.08 Å². The fourth-order valence-corrected chi connectivity index (χ4v) is 2.78. The molecule has 0 radical (unpaired) electrons. The molecule has 134 valence electrons. The molecule has 1 aliphatic rings. The minimum Gasteiger partial charge on any atom is -0.350 e. The number of nitrogens with zero attached hydrogens (tertiary/aromatic N) is 3. The van der Waals surface area contributed by atoms with Crippen molar-refractivity contribution in [1.82, 2.24) is 14.9 Å². The molecule has 7 nitrogen and oxygen atoms in total. The Morgan fingerprint density at radius 1 is 1.23 bits per heavy atom. The number of nitrogens with one attached hydrogen (secondary N) is 2. The molecular formula is C19H21N5O2. The first-order valence-electron chi connectivity index (χ1n) is 8.43. The van der Waals surface area contributed by atoms with Crippen molar-refractivity contribution in [3.05, 3.63) is 60.4 Å². The molecule has 0 bridgehead atoms. The minimum atomic E-state index is -0.282. The van der Waals surface area contributed by atoms with Gasteiger partial charge >= 0.3 is 0 Å².